The predicted molar refractivity (Wildman–Crippen MR) is 25.5 cm³/mol. The van der Waals surface area contributed by atoms with Crippen molar-refractivity contribution in [1.82, 2.24) is 0 Å². The van der Waals surface area contributed by atoms with Gasteiger partial charge in [0.2, 0.25) is 21.7 Å². The quantitative estimate of drug-likeness (QED) is 0.441. The summed E-state index contributed by atoms with van der Waals surface area (Å²) < 4.78 is 1.37. The highest BCUT2D eigenvalue weighted by Crippen LogP contribution is 1.86. The lowest BCUT2D eigenvalue weighted by atomic mass is 10.4. The molecule has 0 amide bonds. The molecule has 0 aliphatic heterocycles. The molecular weight excluding hydrogens is 72.3 g/mol. The monoisotopic (exact) mass is 81.1 g/mol. The molecule has 0 aromatic carbocycles. The van der Waals surface area contributed by atoms with Crippen LogP contribution >= 0.6 is 0 Å². The van der Waals surface area contributed by atoms with Crippen LogP contribution in [-0.4, -0.2) is 21.7 Å². The second-order valence-electron chi connectivity index (χ2n) is 1.21. The molecule has 0 saturated carbocycles. The molecule has 0 aromatic rings. The molecule has 1 heteroatoms. The summed E-state index contributed by atoms with van der Waals surface area (Å²) in [5.74, 6) is 0. The van der Waals surface area contributed by atoms with Gasteiger partial charge >= 0.3 is 0 Å². The number of hydrogen-bond donors (Lipinski definition) is 0. The SMILES string of the molecule is CCC[CH2][Mg]. The highest BCUT2D eigenvalue weighted by Gasteiger charge is 1.67. The molecule has 1 radical (unpaired) electrons. The van der Waals surface area contributed by atoms with Crippen molar-refractivity contribution in [3.05, 3.63) is 0 Å². The van der Waals surface area contributed by atoms with Gasteiger partial charge in [-0.3, -0.25) is 0 Å². The Hall–Kier alpha value is 0.766. The zero-order chi connectivity index (χ0) is 4.12. The minimum absolute atomic E-state index is 1.35. The van der Waals surface area contributed by atoms with E-state index < -0.39 is 0 Å². The zero-order valence-electron chi connectivity index (χ0n) is 3.83. The Balaban J connectivity index is 2.19. The molecule has 0 nitrogen and oxygen atoms in total. The third-order valence-electron chi connectivity index (χ3n) is 0.604. The molecule has 0 rings (SSSR count). The van der Waals surface area contributed by atoms with Crippen molar-refractivity contribution in [1.29, 1.82) is 0 Å². The molecule has 27 valence electrons. The molecule has 0 bridgehead atoms. The lowest BCUT2D eigenvalue weighted by molar-refractivity contribution is 0.884. The second-order valence-corrected chi connectivity index (χ2v) is 1.91. The van der Waals surface area contributed by atoms with Gasteiger partial charge in [-0.25, -0.2) is 0 Å². The van der Waals surface area contributed by atoms with E-state index in [1.807, 2.05) is 21.7 Å². The fourth-order valence-corrected chi connectivity index (χ4v) is 0.750. The Bertz CT molecular complexity index is 11.1. The number of rotatable bonds is 2. The highest BCUT2D eigenvalue weighted by molar-refractivity contribution is 6.08. The Morgan fingerprint density at radius 2 is 2.20 bits per heavy atom. The zero-order valence-corrected chi connectivity index (χ0v) is 5.24. The van der Waals surface area contributed by atoms with E-state index in [4.69, 9.17) is 0 Å². The van der Waals surface area contributed by atoms with E-state index in [-0.39, 0.29) is 0 Å². The summed E-state index contributed by atoms with van der Waals surface area (Å²) in [5, 5.41) is 0. The average molecular weight is 81.4 g/mol. The molecule has 0 spiro atoms. The van der Waals surface area contributed by atoms with Crippen LogP contribution in [0.1, 0.15) is 19.8 Å². The molecular formula is C4H9Mg. The van der Waals surface area contributed by atoms with Crippen LogP contribution in [0.4, 0.5) is 0 Å². The number of unbranched alkanes of at least 4 members (excludes halogenated alkanes) is 1. The Labute approximate surface area is 46.4 Å². The summed E-state index contributed by atoms with van der Waals surface area (Å²) >= 11 is 2.05. The highest BCUT2D eigenvalue weighted by atomic mass is 24.4. The van der Waals surface area contributed by atoms with Gasteiger partial charge < -0.3 is 0 Å². The lowest BCUT2D eigenvalue weighted by Gasteiger charge is -1.81. The topological polar surface area (TPSA) is 0 Å². The number of hydrogen-bond acceptors (Lipinski definition) is 0. The largest absolute Gasteiger partial charge is 0.222 e. The molecule has 0 N–H and O–H groups in total. The summed E-state index contributed by atoms with van der Waals surface area (Å²) in [5.41, 5.74) is 0. The Morgan fingerprint density at radius 3 is 2.20 bits per heavy atom. The van der Waals surface area contributed by atoms with Gasteiger partial charge in [-0.15, -0.1) is 0 Å². The van der Waals surface area contributed by atoms with Crippen molar-refractivity contribution in [2.75, 3.05) is 0 Å². The summed E-state index contributed by atoms with van der Waals surface area (Å²) in [7, 11) is 0. The first-order valence-corrected chi connectivity index (χ1v) is 3.21. The minimum Gasteiger partial charge on any atom is -0.177 e. The molecule has 5 heavy (non-hydrogen) atoms. The van der Waals surface area contributed by atoms with Gasteiger partial charge in [-0.2, -0.15) is 4.55 Å². The van der Waals surface area contributed by atoms with Crippen LogP contribution < -0.4 is 0 Å². The third-order valence-corrected chi connectivity index (χ3v) is 1.10. The fourth-order valence-electron chi connectivity index (χ4n) is 0.250. The summed E-state index contributed by atoms with van der Waals surface area (Å²) in [6, 6.07) is 0. The standard InChI is InChI=1S/C4H9.Mg/c1-3-4-2;/h1,3-4H2,2H3;. The predicted octanol–water partition coefficient (Wildman–Crippen LogP) is 1.37. The van der Waals surface area contributed by atoms with Crippen LogP contribution in [0.3, 0.4) is 0 Å². The van der Waals surface area contributed by atoms with Gasteiger partial charge in [-0.1, -0.05) is 19.8 Å². The van der Waals surface area contributed by atoms with Crippen LogP contribution in [0.25, 0.3) is 0 Å². The smallest absolute Gasteiger partial charge is 0.177 e. The molecule has 0 unspecified atom stereocenters. The first-order chi connectivity index (χ1) is 2.41. The fraction of sp³-hybridized carbons (Fsp3) is 1.00. The van der Waals surface area contributed by atoms with Gasteiger partial charge in [0.05, 0.1) is 0 Å². The van der Waals surface area contributed by atoms with Crippen molar-refractivity contribution in [2.24, 2.45) is 0 Å². The van der Waals surface area contributed by atoms with Gasteiger partial charge in [-0.05, 0) is 0 Å². The van der Waals surface area contributed by atoms with E-state index in [1.165, 1.54) is 17.4 Å². The van der Waals surface area contributed by atoms with E-state index in [2.05, 4.69) is 6.92 Å². The maximum absolute atomic E-state index is 2.22. The van der Waals surface area contributed by atoms with Gasteiger partial charge in [0.15, 0.2) is 0 Å². The van der Waals surface area contributed by atoms with Crippen LogP contribution in [0.15, 0.2) is 0 Å². The molecule has 0 aliphatic rings. The molecule has 0 heterocycles. The van der Waals surface area contributed by atoms with Crippen LogP contribution in [0.5, 0.6) is 0 Å². The Kier molecular flexibility index (Phi) is 5.50. The van der Waals surface area contributed by atoms with Crippen LogP contribution in [0, 0.1) is 0 Å². The first-order valence-electron chi connectivity index (χ1n) is 2.21. The van der Waals surface area contributed by atoms with Crippen molar-refractivity contribution >= 4 is 21.7 Å². The van der Waals surface area contributed by atoms with Gasteiger partial charge in [0, 0.05) is 0 Å². The maximum Gasteiger partial charge on any atom is 0.222 e. The third kappa shape index (κ3) is 4.77. The second kappa shape index (κ2) is 4.77. The molecule has 0 aromatic heterocycles. The van der Waals surface area contributed by atoms with E-state index in [9.17, 15) is 0 Å². The van der Waals surface area contributed by atoms with Crippen LogP contribution in [0.2, 0.25) is 4.55 Å². The molecule has 0 aliphatic carbocycles. The van der Waals surface area contributed by atoms with Gasteiger partial charge in [0.1, 0.15) is 0 Å². The van der Waals surface area contributed by atoms with Crippen molar-refractivity contribution < 1.29 is 0 Å². The normalized spacial score (nSPS) is 8.00. The van der Waals surface area contributed by atoms with Crippen molar-refractivity contribution in [3.8, 4) is 0 Å². The van der Waals surface area contributed by atoms with Crippen molar-refractivity contribution in [3.63, 3.8) is 0 Å². The van der Waals surface area contributed by atoms with Crippen molar-refractivity contribution in [2.45, 2.75) is 24.3 Å². The van der Waals surface area contributed by atoms with E-state index >= 15 is 0 Å². The van der Waals surface area contributed by atoms with Crippen LogP contribution in [-0.2, 0) is 0 Å². The molecule has 0 fully saturated rings. The minimum atomic E-state index is 1.35. The Morgan fingerprint density at radius 1 is 1.60 bits per heavy atom. The summed E-state index contributed by atoms with van der Waals surface area (Å²) in [6.07, 6.45) is 2.75. The molecule has 0 atom stereocenters. The summed E-state index contributed by atoms with van der Waals surface area (Å²) in [4.78, 5) is 0. The van der Waals surface area contributed by atoms with E-state index in [1.54, 1.807) is 0 Å². The van der Waals surface area contributed by atoms with E-state index in [0.717, 1.165) is 0 Å². The first kappa shape index (κ1) is 5.77. The summed E-state index contributed by atoms with van der Waals surface area (Å²) in [6.45, 7) is 2.22. The molecule has 0 saturated heterocycles. The van der Waals surface area contributed by atoms with Gasteiger partial charge in [0.25, 0.3) is 0 Å². The lowest BCUT2D eigenvalue weighted by Crippen LogP contribution is -1.63. The maximum atomic E-state index is 2.22. The average Bonchev–Trinajstić information content (AvgIpc) is 1.41. The van der Waals surface area contributed by atoms with E-state index in [0.29, 0.717) is 0 Å².